The highest BCUT2D eigenvalue weighted by atomic mass is 16.6. The lowest BCUT2D eigenvalue weighted by molar-refractivity contribution is -0.384. The van der Waals surface area contributed by atoms with E-state index in [1.165, 1.54) is 24.3 Å². The van der Waals surface area contributed by atoms with Gasteiger partial charge >= 0.3 is 0 Å². The van der Waals surface area contributed by atoms with E-state index in [9.17, 15) is 19.7 Å². The Bertz CT molecular complexity index is 971. The van der Waals surface area contributed by atoms with E-state index in [1.54, 1.807) is 18.2 Å². The molecule has 0 atom stereocenters. The Morgan fingerprint density at radius 3 is 2.41 bits per heavy atom. The van der Waals surface area contributed by atoms with Crippen LogP contribution in [0.3, 0.4) is 0 Å². The van der Waals surface area contributed by atoms with Crippen molar-refractivity contribution < 1.29 is 19.2 Å². The average molecular weight is 441 g/mol. The van der Waals surface area contributed by atoms with Gasteiger partial charge in [0.25, 0.3) is 17.5 Å². The van der Waals surface area contributed by atoms with E-state index in [2.05, 4.69) is 15.5 Å². The number of rotatable bonds is 8. The smallest absolute Gasteiger partial charge is 0.269 e. The fourth-order valence-corrected chi connectivity index (χ4v) is 3.37. The molecule has 1 saturated heterocycles. The first-order valence-electron chi connectivity index (χ1n) is 10.3. The molecule has 2 N–H and O–H groups in total. The van der Waals surface area contributed by atoms with E-state index < -0.39 is 10.8 Å². The summed E-state index contributed by atoms with van der Waals surface area (Å²) in [5, 5.41) is 16.5. The van der Waals surface area contributed by atoms with Gasteiger partial charge in [-0.2, -0.15) is 0 Å². The molecule has 1 aliphatic heterocycles. The summed E-state index contributed by atoms with van der Waals surface area (Å²) in [6.45, 7) is 4.35. The molecule has 2 aromatic rings. The van der Waals surface area contributed by atoms with Crippen molar-refractivity contribution in [2.45, 2.75) is 0 Å². The van der Waals surface area contributed by atoms with Crippen molar-refractivity contribution in [3.05, 3.63) is 63.7 Å². The number of hydrogen-bond donors (Lipinski definition) is 2. The number of amides is 2. The van der Waals surface area contributed by atoms with Gasteiger partial charge in [0.05, 0.1) is 23.7 Å². The van der Waals surface area contributed by atoms with Crippen molar-refractivity contribution in [2.24, 2.45) is 0 Å². The summed E-state index contributed by atoms with van der Waals surface area (Å²) in [5.41, 5.74) is 1.81. The van der Waals surface area contributed by atoms with Crippen molar-refractivity contribution in [3.8, 4) is 0 Å². The number of nitro groups is 1. The second-order valence-electron chi connectivity index (χ2n) is 7.59. The summed E-state index contributed by atoms with van der Waals surface area (Å²) in [5.74, 6) is -0.649. The molecule has 2 aromatic carbocycles. The first kappa shape index (κ1) is 23.2. The number of ether oxygens (including phenoxy) is 1. The third kappa shape index (κ3) is 6.02. The van der Waals surface area contributed by atoms with E-state index in [4.69, 9.17) is 4.74 Å². The largest absolute Gasteiger partial charge is 0.379 e. The molecule has 0 saturated carbocycles. The molecule has 0 aromatic heterocycles. The van der Waals surface area contributed by atoms with Crippen molar-refractivity contribution in [1.82, 2.24) is 10.2 Å². The van der Waals surface area contributed by atoms with E-state index in [-0.39, 0.29) is 17.2 Å². The van der Waals surface area contributed by atoms with Crippen LogP contribution in [0.4, 0.5) is 17.1 Å². The number of benzene rings is 2. The fraction of sp³-hybridized carbons (Fsp3) is 0.364. The van der Waals surface area contributed by atoms with E-state index in [1.807, 2.05) is 19.0 Å². The number of hydrogen-bond acceptors (Lipinski definition) is 7. The highest BCUT2D eigenvalue weighted by Gasteiger charge is 2.17. The van der Waals surface area contributed by atoms with Crippen molar-refractivity contribution >= 4 is 28.9 Å². The van der Waals surface area contributed by atoms with Crippen LogP contribution in [0.2, 0.25) is 0 Å². The summed E-state index contributed by atoms with van der Waals surface area (Å²) in [6.07, 6.45) is 0. The zero-order valence-corrected chi connectivity index (χ0v) is 18.2. The molecule has 0 unspecified atom stereocenters. The Balaban J connectivity index is 1.68. The average Bonchev–Trinajstić information content (AvgIpc) is 2.79. The summed E-state index contributed by atoms with van der Waals surface area (Å²) in [6, 6.07) is 10.4. The monoisotopic (exact) mass is 441 g/mol. The fourth-order valence-electron chi connectivity index (χ4n) is 3.37. The maximum absolute atomic E-state index is 12.9. The highest BCUT2D eigenvalue weighted by Crippen LogP contribution is 2.23. The van der Waals surface area contributed by atoms with Gasteiger partial charge in [0.1, 0.15) is 0 Å². The molecular weight excluding hydrogens is 414 g/mol. The van der Waals surface area contributed by atoms with Gasteiger partial charge in [-0.3, -0.25) is 24.6 Å². The lowest BCUT2D eigenvalue weighted by Gasteiger charge is -2.26. The van der Waals surface area contributed by atoms with Crippen LogP contribution in [0.1, 0.15) is 20.7 Å². The standard InChI is InChI=1S/C22H27N5O5/c1-25(2)20-8-5-17(24-21(28)16-3-6-18(7-4-16)27(30)31)15-19(20)22(29)23-9-10-26-11-13-32-14-12-26/h3-8,15H,9-14H2,1-2H3,(H,23,29)(H,24,28). The molecule has 0 spiro atoms. The molecule has 1 fully saturated rings. The van der Waals surface area contributed by atoms with Gasteiger partial charge in [-0.25, -0.2) is 0 Å². The quantitative estimate of drug-likeness (QED) is 0.475. The summed E-state index contributed by atoms with van der Waals surface area (Å²) < 4.78 is 5.33. The Kier molecular flexibility index (Phi) is 7.74. The maximum atomic E-state index is 12.9. The molecule has 0 radical (unpaired) electrons. The SMILES string of the molecule is CN(C)c1ccc(NC(=O)c2ccc([N+](=O)[O-])cc2)cc1C(=O)NCCN1CCOCC1. The number of morpholine rings is 1. The number of anilines is 2. The molecule has 1 aliphatic rings. The normalized spacial score (nSPS) is 13.9. The van der Waals surface area contributed by atoms with E-state index in [0.717, 1.165) is 25.3 Å². The molecule has 0 aliphatic carbocycles. The number of nitro benzene ring substituents is 1. The first-order chi connectivity index (χ1) is 15.3. The first-order valence-corrected chi connectivity index (χ1v) is 10.3. The van der Waals surface area contributed by atoms with Gasteiger partial charge in [-0.15, -0.1) is 0 Å². The van der Waals surface area contributed by atoms with Crippen molar-refractivity contribution in [2.75, 3.05) is 63.7 Å². The number of carbonyl (C=O) groups excluding carboxylic acids is 2. The minimum atomic E-state index is -0.522. The summed E-state index contributed by atoms with van der Waals surface area (Å²) >= 11 is 0. The van der Waals surface area contributed by atoms with Crippen molar-refractivity contribution in [1.29, 1.82) is 0 Å². The zero-order chi connectivity index (χ0) is 23.1. The van der Waals surface area contributed by atoms with Crippen LogP contribution < -0.4 is 15.5 Å². The van der Waals surface area contributed by atoms with Gasteiger partial charge in [0, 0.05) is 69.3 Å². The Morgan fingerprint density at radius 2 is 1.78 bits per heavy atom. The lowest BCUT2D eigenvalue weighted by atomic mass is 10.1. The van der Waals surface area contributed by atoms with Crippen molar-refractivity contribution in [3.63, 3.8) is 0 Å². The zero-order valence-electron chi connectivity index (χ0n) is 18.2. The Morgan fingerprint density at radius 1 is 1.09 bits per heavy atom. The third-order valence-corrected chi connectivity index (χ3v) is 5.14. The van der Waals surface area contributed by atoms with Crippen LogP contribution in [0.25, 0.3) is 0 Å². The molecule has 1 heterocycles. The van der Waals surface area contributed by atoms with Gasteiger partial charge < -0.3 is 20.3 Å². The summed E-state index contributed by atoms with van der Waals surface area (Å²) in [4.78, 5) is 39.7. The van der Waals surface area contributed by atoms with Crippen LogP contribution in [0.15, 0.2) is 42.5 Å². The van der Waals surface area contributed by atoms with Crippen LogP contribution in [0.5, 0.6) is 0 Å². The second kappa shape index (κ2) is 10.7. The van der Waals surface area contributed by atoms with Gasteiger partial charge in [-0.05, 0) is 30.3 Å². The molecule has 170 valence electrons. The highest BCUT2D eigenvalue weighted by molar-refractivity contribution is 6.06. The third-order valence-electron chi connectivity index (χ3n) is 5.14. The molecule has 0 bridgehead atoms. The predicted octanol–water partition coefficient (Wildman–Crippen LogP) is 1.98. The number of non-ortho nitro benzene ring substituents is 1. The van der Waals surface area contributed by atoms with Crippen LogP contribution in [-0.4, -0.2) is 75.1 Å². The molecule has 32 heavy (non-hydrogen) atoms. The number of carbonyl (C=O) groups is 2. The minimum Gasteiger partial charge on any atom is -0.379 e. The Labute approximate surface area is 186 Å². The number of nitrogens with zero attached hydrogens (tertiary/aromatic N) is 3. The molecular formula is C22H27N5O5. The predicted molar refractivity (Wildman–Crippen MR) is 121 cm³/mol. The maximum Gasteiger partial charge on any atom is 0.269 e. The Hall–Kier alpha value is -3.50. The summed E-state index contributed by atoms with van der Waals surface area (Å²) in [7, 11) is 3.68. The van der Waals surface area contributed by atoms with Gasteiger partial charge in [-0.1, -0.05) is 0 Å². The van der Waals surface area contributed by atoms with Crippen LogP contribution in [-0.2, 0) is 4.74 Å². The van der Waals surface area contributed by atoms with Crippen LogP contribution in [0, 0.1) is 10.1 Å². The second-order valence-corrected chi connectivity index (χ2v) is 7.59. The minimum absolute atomic E-state index is 0.0899. The topological polar surface area (TPSA) is 117 Å². The van der Waals surface area contributed by atoms with Gasteiger partial charge in [0.2, 0.25) is 0 Å². The molecule has 3 rings (SSSR count). The van der Waals surface area contributed by atoms with E-state index >= 15 is 0 Å². The van der Waals surface area contributed by atoms with Gasteiger partial charge in [0.15, 0.2) is 0 Å². The lowest BCUT2D eigenvalue weighted by Crippen LogP contribution is -2.41. The van der Waals surface area contributed by atoms with Crippen LogP contribution >= 0.6 is 0 Å². The molecule has 10 heteroatoms. The number of nitrogens with one attached hydrogen (secondary N) is 2. The molecule has 2 amide bonds. The van der Waals surface area contributed by atoms with E-state index in [0.29, 0.717) is 31.0 Å². The molecule has 10 nitrogen and oxygen atoms in total.